The van der Waals surface area contributed by atoms with Crippen molar-refractivity contribution >= 4 is 0 Å². The molecule has 10 heavy (non-hydrogen) atoms. The predicted molar refractivity (Wildman–Crippen MR) is 42.8 cm³/mol. The lowest BCUT2D eigenvalue weighted by atomic mass is 9.92. The Bertz CT molecular complexity index is 177. The van der Waals surface area contributed by atoms with Gasteiger partial charge in [0.1, 0.15) is 0 Å². The van der Waals surface area contributed by atoms with Gasteiger partial charge >= 0.3 is 0 Å². The van der Waals surface area contributed by atoms with Crippen LogP contribution in [0, 0.1) is 0 Å². The Kier molecular flexibility index (Phi) is 2.28. The van der Waals surface area contributed by atoms with Crippen LogP contribution >= 0.6 is 0 Å². The van der Waals surface area contributed by atoms with E-state index in [1.165, 1.54) is 5.57 Å². The SMILES string of the molecule is C/C=C1\C(C)=CCCC1O. The molecule has 1 heteroatoms. The molecule has 0 spiro atoms. The summed E-state index contributed by atoms with van der Waals surface area (Å²) in [4.78, 5) is 0. The van der Waals surface area contributed by atoms with Gasteiger partial charge in [0.25, 0.3) is 0 Å². The van der Waals surface area contributed by atoms with Crippen molar-refractivity contribution in [3.63, 3.8) is 0 Å². The number of hydrogen-bond donors (Lipinski definition) is 1. The second-order valence-electron chi connectivity index (χ2n) is 2.72. The first-order chi connectivity index (χ1) is 4.75. The Labute approximate surface area is 62.1 Å². The van der Waals surface area contributed by atoms with E-state index in [4.69, 9.17) is 0 Å². The van der Waals surface area contributed by atoms with Gasteiger partial charge < -0.3 is 5.11 Å². The minimum absolute atomic E-state index is 0.213. The van der Waals surface area contributed by atoms with Crippen molar-refractivity contribution in [3.05, 3.63) is 23.3 Å². The molecule has 0 fully saturated rings. The second-order valence-corrected chi connectivity index (χ2v) is 2.72. The lowest BCUT2D eigenvalue weighted by Gasteiger charge is -2.19. The third kappa shape index (κ3) is 1.29. The molecule has 0 saturated heterocycles. The van der Waals surface area contributed by atoms with Crippen LogP contribution in [0.4, 0.5) is 0 Å². The van der Waals surface area contributed by atoms with E-state index in [0.29, 0.717) is 0 Å². The highest BCUT2D eigenvalue weighted by molar-refractivity contribution is 5.34. The summed E-state index contributed by atoms with van der Waals surface area (Å²) in [6, 6.07) is 0. The molecule has 1 atom stereocenters. The summed E-state index contributed by atoms with van der Waals surface area (Å²) in [5.74, 6) is 0. The fraction of sp³-hybridized carbons (Fsp3) is 0.556. The Morgan fingerprint density at radius 3 is 2.80 bits per heavy atom. The monoisotopic (exact) mass is 138 g/mol. The zero-order valence-electron chi connectivity index (χ0n) is 6.59. The molecule has 0 saturated carbocycles. The summed E-state index contributed by atoms with van der Waals surface area (Å²) >= 11 is 0. The van der Waals surface area contributed by atoms with Gasteiger partial charge in [0.2, 0.25) is 0 Å². The Hall–Kier alpha value is -0.560. The van der Waals surface area contributed by atoms with Gasteiger partial charge in [0.15, 0.2) is 0 Å². The highest BCUT2D eigenvalue weighted by atomic mass is 16.3. The first-order valence-corrected chi connectivity index (χ1v) is 3.77. The highest BCUT2D eigenvalue weighted by Gasteiger charge is 2.14. The van der Waals surface area contributed by atoms with E-state index < -0.39 is 0 Å². The van der Waals surface area contributed by atoms with Crippen molar-refractivity contribution in [2.75, 3.05) is 0 Å². The third-order valence-electron chi connectivity index (χ3n) is 2.02. The minimum atomic E-state index is -0.213. The molecule has 56 valence electrons. The van der Waals surface area contributed by atoms with Crippen molar-refractivity contribution in [1.29, 1.82) is 0 Å². The van der Waals surface area contributed by atoms with E-state index in [1.807, 2.05) is 13.0 Å². The van der Waals surface area contributed by atoms with Gasteiger partial charge in [-0.3, -0.25) is 0 Å². The zero-order valence-corrected chi connectivity index (χ0v) is 6.59. The third-order valence-corrected chi connectivity index (χ3v) is 2.02. The maximum atomic E-state index is 9.43. The Balaban J connectivity index is 2.84. The Morgan fingerprint density at radius 2 is 2.40 bits per heavy atom. The standard InChI is InChI=1S/C9H14O/c1-3-8-7(2)5-4-6-9(8)10/h3,5,9-10H,4,6H2,1-2H3/b8-3+. The lowest BCUT2D eigenvalue weighted by molar-refractivity contribution is 0.200. The summed E-state index contributed by atoms with van der Waals surface area (Å²) < 4.78 is 0. The molecule has 1 nitrogen and oxygen atoms in total. The fourth-order valence-corrected chi connectivity index (χ4v) is 1.41. The van der Waals surface area contributed by atoms with E-state index in [0.717, 1.165) is 18.4 Å². The molecular formula is C9H14O. The first kappa shape index (κ1) is 7.55. The summed E-state index contributed by atoms with van der Waals surface area (Å²) in [6.07, 6.45) is 5.87. The molecule has 1 unspecified atom stereocenters. The highest BCUT2D eigenvalue weighted by Crippen LogP contribution is 2.23. The van der Waals surface area contributed by atoms with Crippen molar-refractivity contribution in [1.82, 2.24) is 0 Å². The van der Waals surface area contributed by atoms with Gasteiger partial charge in [0.05, 0.1) is 6.10 Å². The fourth-order valence-electron chi connectivity index (χ4n) is 1.41. The molecule has 1 N–H and O–H groups in total. The maximum Gasteiger partial charge on any atom is 0.0792 e. The number of aliphatic hydroxyl groups excluding tert-OH is 1. The number of hydrogen-bond acceptors (Lipinski definition) is 1. The van der Waals surface area contributed by atoms with Crippen molar-refractivity contribution in [3.8, 4) is 0 Å². The van der Waals surface area contributed by atoms with Gasteiger partial charge in [-0.1, -0.05) is 12.2 Å². The van der Waals surface area contributed by atoms with E-state index in [1.54, 1.807) is 0 Å². The van der Waals surface area contributed by atoms with Crippen LogP contribution in [-0.4, -0.2) is 11.2 Å². The quantitative estimate of drug-likeness (QED) is 0.543. The van der Waals surface area contributed by atoms with Crippen LogP contribution in [0.5, 0.6) is 0 Å². The van der Waals surface area contributed by atoms with Crippen LogP contribution in [-0.2, 0) is 0 Å². The number of allylic oxidation sites excluding steroid dienone is 2. The molecule has 0 heterocycles. The van der Waals surface area contributed by atoms with Crippen LogP contribution in [0.3, 0.4) is 0 Å². The summed E-state index contributed by atoms with van der Waals surface area (Å²) in [5.41, 5.74) is 2.34. The molecule has 0 aromatic carbocycles. The molecule has 1 aliphatic rings. The topological polar surface area (TPSA) is 20.2 Å². The van der Waals surface area contributed by atoms with Crippen LogP contribution in [0.15, 0.2) is 23.3 Å². The lowest BCUT2D eigenvalue weighted by Crippen LogP contribution is -2.14. The minimum Gasteiger partial charge on any atom is -0.388 e. The molecule has 0 aromatic rings. The van der Waals surface area contributed by atoms with Crippen LogP contribution in [0.1, 0.15) is 26.7 Å². The average molecular weight is 138 g/mol. The van der Waals surface area contributed by atoms with Gasteiger partial charge in [-0.25, -0.2) is 0 Å². The van der Waals surface area contributed by atoms with Gasteiger partial charge in [0, 0.05) is 0 Å². The number of rotatable bonds is 0. The normalized spacial score (nSPS) is 30.5. The molecule has 0 aromatic heterocycles. The summed E-state index contributed by atoms with van der Waals surface area (Å²) in [7, 11) is 0. The smallest absolute Gasteiger partial charge is 0.0792 e. The number of aliphatic hydroxyl groups is 1. The zero-order chi connectivity index (χ0) is 7.56. The molecule has 1 rings (SSSR count). The van der Waals surface area contributed by atoms with Gasteiger partial charge in [-0.05, 0) is 37.8 Å². The average Bonchev–Trinajstić information content (AvgIpc) is 1.88. The largest absolute Gasteiger partial charge is 0.388 e. The van der Waals surface area contributed by atoms with Gasteiger partial charge in [-0.2, -0.15) is 0 Å². The van der Waals surface area contributed by atoms with Crippen LogP contribution in [0.2, 0.25) is 0 Å². The molecular weight excluding hydrogens is 124 g/mol. The molecule has 0 bridgehead atoms. The van der Waals surface area contributed by atoms with E-state index in [9.17, 15) is 5.11 Å². The van der Waals surface area contributed by atoms with E-state index in [-0.39, 0.29) is 6.10 Å². The van der Waals surface area contributed by atoms with Crippen molar-refractivity contribution in [2.24, 2.45) is 0 Å². The molecule has 0 amide bonds. The van der Waals surface area contributed by atoms with Crippen molar-refractivity contribution in [2.45, 2.75) is 32.8 Å². The molecule has 0 aliphatic heterocycles. The maximum absolute atomic E-state index is 9.43. The van der Waals surface area contributed by atoms with Crippen LogP contribution in [0.25, 0.3) is 0 Å². The second kappa shape index (κ2) is 3.02. The van der Waals surface area contributed by atoms with E-state index >= 15 is 0 Å². The predicted octanol–water partition coefficient (Wildman–Crippen LogP) is 2.03. The summed E-state index contributed by atoms with van der Waals surface area (Å²) in [5, 5.41) is 9.43. The van der Waals surface area contributed by atoms with Crippen LogP contribution < -0.4 is 0 Å². The molecule has 0 radical (unpaired) electrons. The summed E-state index contributed by atoms with van der Waals surface area (Å²) in [6.45, 7) is 4.03. The first-order valence-electron chi connectivity index (χ1n) is 3.77. The Morgan fingerprint density at radius 1 is 1.70 bits per heavy atom. The molecule has 1 aliphatic carbocycles. The van der Waals surface area contributed by atoms with E-state index in [2.05, 4.69) is 13.0 Å². The van der Waals surface area contributed by atoms with Gasteiger partial charge in [-0.15, -0.1) is 0 Å². The van der Waals surface area contributed by atoms with Crippen molar-refractivity contribution < 1.29 is 5.11 Å².